The summed E-state index contributed by atoms with van der Waals surface area (Å²) in [7, 11) is 0. The lowest BCUT2D eigenvalue weighted by atomic mass is 9.82. The molecule has 1 saturated heterocycles. The number of nitrogens with two attached hydrogens (primary N) is 1. The van der Waals surface area contributed by atoms with Crippen molar-refractivity contribution in [3.05, 3.63) is 41.9 Å². The SMILES string of the molecule is N[C@@H]1C[C@@H](NC(=O)COc2ccc(F)cc2)CO[C@@H]1c1nnc(C2CC(OC(F)(F)F)C2)o1. The first-order chi connectivity index (χ1) is 15.7. The van der Waals surface area contributed by atoms with E-state index in [2.05, 4.69) is 20.3 Å². The van der Waals surface area contributed by atoms with E-state index in [9.17, 15) is 22.4 Å². The molecule has 1 aromatic heterocycles. The number of aromatic nitrogens is 2. The van der Waals surface area contributed by atoms with Gasteiger partial charge < -0.3 is 24.9 Å². The highest BCUT2D eigenvalue weighted by Gasteiger charge is 2.43. The van der Waals surface area contributed by atoms with Gasteiger partial charge in [0.1, 0.15) is 11.6 Å². The third kappa shape index (κ3) is 6.18. The van der Waals surface area contributed by atoms with Crippen LogP contribution >= 0.6 is 0 Å². The number of hydrogen-bond acceptors (Lipinski definition) is 8. The minimum absolute atomic E-state index is 0.132. The van der Waals surface area contributed by atoms with E-state index in [-0.39, 0.29) is 55.7 Å². The normalized spacial score (nSPS) is 27.6. The van der Waals surface area contributed by atoms with E-state index in [1.807, 2.05) is 0 Å². The highest BCUT2D eigenvalue weighted by Crippen LogP contribution is 2.41. The summed E-state index contributed by atoms with van der Waals surface area (Å²) in [6.45, 7) is -0.114. The van der Waals surface area contributed by atoms with Crippen molar-refractivity contribution in [1.29, 1.82) is 0 Å². The standard InChI is InChI=1S/C20H22F4N4O5/c21-11-1-3-13(4-2-11)30-9-16(29)26-12-7-15(25)17(31-8-12)19-28-27-18(32-19)10-5-14(6-10)33-20(22,23)24/h1-4,10,12,14-15,17H,5-9,25H2,(H,26,29)/t10?,12-,14?,15-,17+/m1/s1. The zero-order valence-corrected chi connectivity index (χ0v) is 17.3. The minimum Gasteiger partial charge on any atom is -0.484 e. The molecule has 3 N–H and O–H groups in total. The van der Waals surface area contributed by atoms with E-state index in [0.29, 0.717) is 12.2 Å². The van der Waals surface area contributed by atoms with Crippen molar-refractivity contribution in [2.75, 3.05) is 13.2 Å². The maximum Gasteiger partial charge on any atom is 0.522 e. The Labute approximate surface area is 185 Å². The first-order valence-electron chi connectivity index (χ1n) is 10.3. The number of rotatable bonds is 7. The highest BCUT2D eigenvalue weighted by atomic mass is 19.4. The Kier molecular flexibility index (Phi) is 6.81. The molecule has 1 saturated carbocycles. The van der Waals surface area contributed by atoms with E-state index in [4.69, 9.17) is 19.6 Å². The average Bonchev–Trinajstić information content (AvgIpc) is 3.18. The number of alkyl halides is 3. The molecule has 2 fully saturated rings. The van der Waals surface area contributed by atoms with Crippen LogP contribution in [0, 0.1) is 5.82 Å². The lowest BCUT2D eigenvalue weighted by Gasteiger charge is -2.33. The molecule has 2 aromatic rings. The second-order valence-corrected chi connectivity index (χ2v) is 7.99. The maximum absolute atomic E-state index is 12.9. The van der Waals surface area contributed by atoms with Gasteiger partial charge in [-0.05, 0) is 43.5 Å². The summed E-state index contributed by atoms with van der Waals surface area (Å²) >= 11 is 0. The van der Waals surface area contributed by atoms with Gasteiger partial charge in [-0.1, -0.05) is 0 Å². The van der Waals surface area contributed by atoms with Gasteiger partial charge in [-0.25, -0.2) is 4.39 Å². The summed E-state index contributed by atoms with van der Waals surface area (Å²) in [6, 6.07) is 4.36. The molecule has 0 spiro atoms. The van der Waals surface area contributed by atoms with Gasteiger partial charge >= 0.3 is 6.36 Å². The van der Waals surface area contributed by atoms with E-state index < -0.39 is 30.4 Å². The predicted molar refractivity (Wildman–Crippen MR) is 102 cm³/mol. The quantitative estimate of drug-likeness (QED) is 0.587. The number of hydrogen-bond donors (Lipinski definition) is 2. The molecule has 1 aliphatic heterocycles. The average molecular weight is 474 g/mol. The van der Waals surface area contributed by atoms with E-state index >= 15 is 0 Å². The largest absolute Gasteiger partial charge is 0.522 e. The molecular weight excluding hydrogens is 452 g/mol. The molecule has 1 aromatic carbocycles. The number of carbonyl (C=O) groups excluding carboxylic acids is 1. The Morgan fingerprint density at radius 3 is 2.52 bits per heavy atom. The van der Waals surface area contributed by atoms with Crippen LogP contribution in [0.15, 0.2) is 28.7 Å². The third-order valence-corrected chi connectivity index (χ3v) is 5.42. The number of nitrogens with one attached hydrogen (secondary N) is 1. The maximum atomic E-state index is 12.9. The van der Waals surface area contributed by atoms with Crippen molar-refractivity contribution in [2.45, 2.75) is 55.8 Å². The summed E-state index contributed by atoms with van der Waals surface area (Å²) in [6.07, 6.45) is -5.65. The fraction of sp³-hybridized carbons (Fsp3) is 0.550. The number of halogens is 4. The number of ether oxygens (including phenoxy) is 3. The van der Waals surface area contributed by atoms with Crippen molar-refractivity contribution in [3.8, 4) is 5.75 Å². The molecule has 33 heavy (non-hydrogen) atoms. The van der Waals surface area contributed by atoms with Crippen LogP contribution in [0.1, 0.15) is 43.1 Å². The van der Waals surface area contributed by atoms with Gasteiger partial charge in [0.2, 0.25) is 11.8 Å². The van der Waals surface area contributed by atoms with Gasteiger partial charge in [0.05, 0.1) is 18.8 Å². The van der Waals surface area contributed by atoms with Crippen molar-refractivity contribution in [1.82, 2.24) is 15.5 Å². The van der Waals surface area contributed by atoms with Crippen molar-refractivity contribution in [3.63, 3.8) is 0 Å². The summed E-state index contributed by atoms with van der Waals surface area (Å²) in [4.78, 5) is 12.1. The van der Waals surface area contributed by atoms with Gasteiger partial charge in [0, 0.05) is 12.0 Å². The van der Waals surface area contributed by atoms with Crippen LogP contribution in [-0.4, -0.2) is 53.9 Å². The van der Waals surface area contributed by atoms with E-state index in [1.54, 1.807) is 0 Å². The molecule has 1 amide bonds. The molecule has 0 bridgehead atoms. The smallest absolute Gasteiger partial charge is 0.484 e. The minimum atomic E-state index is -4.67. The fourth-order valence-electron chi connectivity index (χ4n) is 3.75. The van der Waals surface area contributed by atoms with Gasteiger partial charge in [-0.3, -0.25) is 9.53 Å². The van der Waals surface area contributed by atoms with Gasteiger partial charge in [0.25, 0.3) is 5.91 Å². The molecule has 1 aliphatic carbocycles. The Morgan fingerprint density at radius 1 is 1.15 bits per heavy atom. The van der Waals surface area contributed by atoms with Crippen LogP contribution in [0.3, 0.4) is 0 Å². The summed E-state index contributed by atoms with van der Waals surface area (Å²) in [5, 5.41) is 10.6. The Morgan fingerprint density at radius 2 is 1.85 bits per heavy atom. The van der Waals surface area contributed by atoms with Gasteiger partial charge in [-0.15, -0.1) is 23.4 Å². The Bertz CT molecular complexity index is 949. The molecule has 0 unspecified atom stereocenters. The molecule has 2 heterocycles. The molecule has 0 radical (unpaired) electrons. The van der Waals surface area contributed by atoms with Crippen molar-refractivity contribution >= 4 is 5.91 Å². The van der Waals surface area contributed by atoms with Gasteiger partial charge in [0.15, 0.2) is 12.7 Å². The molecule has 13 heteroatoms. The first-order valence-corrected chi connectivity index (χ1v) is 10.3. The fourth-order valence-corrected chi connectivity index (χ4v) is 3.75. The van der Waals surface area contributed by atoms with Gasteiger partial charge in [-0.2, -0.15) is 0 Å². The third-order valence-electron chi connectivity index (χ3n) is 5.42. The lowest BCUT2D eigenvalue weighted by Crippen LogP contribution is -2.50. The Hall–Kier alpha value is -2.77. The zero-order valence-electron chi connectivity index (χ0n) is 17.3. The van der Waals surface area contributed by atoms with Crippen LogP contribution in [0.4, 0.5) is 17.6 Å². The summed E-state index contributed by atoms with van der Waals surface area (Å²) in [5.74, 6) is -0.391. The number of amides is 1. The summed E-state index contributed by atoms with van der Waals surface area (Å²) < 4.78 is 70.2. The molecule has 2 aliphatic rings. The van der Waals surface area contributed by atoms with Crippen LogP contribution < -0.4 is 15.8 Å². The molecular formula is C20H22F4N4O5. The molecule has 180 valence electrons. The predicted octanol–water partition coefficient (Wildman–Crippen LogP) is 2.34. The monoisotopic (exact) mass is 474 g/mol. The second-order valence-electron chi connectivity index (χ2n) is 7.99. The Balaban J connectivity index is 1.22. The number of nitrogens with zero attached hydrogens (tertiary/aromatic N) is 2. The van der Waals surface area contributed by atoms with Crippen LogP contribution in [0.25, 0.3) is 0 Å². The molecule has 3 atom stereocenters. The van der Waals surface area contributed by atoms with E-state index in [1.165, 1.54) is 24.3 Å². The molecule has 4 rings (SSSR count). The van der Waals surface area contributed by atoms with E-state index in [0.717, 1.165) is 0 Å². The number of benzene rings is 1. The van der Waals surface area contributed by atoms with Crippen LogP contribution in [-0.2, 0) is 14.3 Å². The number of carbonyl (C=O) groups is 1. The van der Waals surface area contributed by atoms with Crippen molar-refractivity contribution in [2.24, 2.45) is 5.73 Å². The highest BCUT2D eigenvalue weighted by molar-refractivity contribution is 5.77. The molecule has 9 nitrogen and oxygen atoms in total. The van der Waals surface area contributed by atoms with Crippen molar-refractivity contribution < 1.29 is 41.0 Å². The first kappa shape index (κ1) is 23.4. The summed E-state index contributed by atoms with van der Waals surface area (Å²) in [5.41, 5.74) is 6.16. The zero-order chi connectivity index (χ0) is 23.6. The van der Waals surface area contributed by atoms with Crippen LogP contribution in [0.5, 0.6) is 5.75 Å². The van der Waals surface area contributed by atoms with Crippen LogP contribution in [0.2, 0.25) is 0 Å². The lowest BCUT2D eigenvalue weighted by molar-refractivity contribution is -0.352. The topological polar surface area (TPSA) is 122 Å². The second kappa shape index (κ2) is 9.61.